The van der Waals surface area contributed by atoms with Crippen molar-refractivity contribution in [3.05, 3.63) is 34.9 Å². The molecule has 0 saturated heterocycles. The SMILES string of the molecule is COCC(N)C(=O)Cc1ccc2c(c1)CCC2. The molecule has 1 aromatic carbocycles. The second-order valence-electron chi connectivity index (χ2n) is 4.66. The zero-order chi connectivity index (χ0) is 12.3. The molecule has 1 aromatic rings. The summed E-state index contributed by atoms with van der Waals surface area (Å²) in [5.74, 6) is 0.0461. The van der Waals surface area contributed by atoms with E-state index < -0.39 is 6.04 Å². The second-order valence-corrected chi connectivity index (χ2v) is 4.66. The van der Waals surface area contributed by atoms with Gasteiger partial charge in [0.15, 0.2) is 5.78 Å². The number of rotatable bonds is 5. The molecule has 17 heavy (non-hydrogen) atoms. The van der Waals surface area contributed by atoms with E-state index in [9.17, 15) is 4.79 Å². The number of methoxy groups -OCH3 is 1. The monoisotopic (exact) mass is 233 g/mol. The predicted octanol–water partition coefficient (Wildman–Crippen LogP) is 1.26. The van der Waals surface area contributed by atoms with Gasteiger partial charge in [0.05, 0.1) is 12.6 Å². The normalized spacial score (nSPS) is 15.6. The number of ether oxygens (including phenoxy) is 1. The third-order valence-corrected chi connectivity index (χ3v) is 3.30. The predicted molar refractivity (Wildman–Crippen MR) is 67.0 cm³/mol. The van der Waals surface area contributed by atoms with E-state index in [1.807, 2.05) is 6.07 Å². The lowest BCUT2D eigenvalue weighted by Crippen LogP contribution is -2.35. The zero-order valence-corrected chi connectivity index (χ0v) is 10.2. The summed E-state index contributed by atoms with van der Waals surface area (Å²) in [6, 6.07) is 5.84. The standard InChI is InChI=1S/C14H19NO2/c1-17-9-13(15)14(16)8-10-5-6-11-3-2-4-12(11)7-10/h5-7,13H,2-4,8-9,15H2,1H3. The fourth-order valence-electron chi connectivity index (χ4n) is 2.34. The average molecular weight is 233 g/mol. The van der Waals surface area contributed by atoms with Crippen molar-refractivity contribution in [1.82, 2.24) is 0 Å². The number of aryl methyl sites for hydroxylation is 2. The molecule has 0 spiro atoms. The largest absolute Gasteiger partial charge is 0.383 e. The maximum absolute atomic E-state index is 11.8. The molecule has 1 unspecified atom stereocenters. The molecule has 1 aliphatic carbocycles. The van der Waals surface area contributed by atoms with E-state index in [0.717, 1.165) is 12.0 Å². The number of carbonyl (C=O) groups excluding carboxylic acids is 1. The molecule has 0 saturated carbocycles. The molecule has 0 radical (unpaired) electrons. The van der Waals surface area contributed by atoms with E-state index >= 15 is 0 Å². The van der Waals surface area contributed by atoms with Crippen molar-refractivity contribution in [2.45, 2.75) is 31.7 Å². The van der Waals surface area contributed by atoms with E-state index in [1.54, 1.807) is 7.11 Å². The Bertz CT molecular complexity index is 415. The molecule has 0 bridgehead atoms. The molecule has 1 aliphatic rings. The van der Waals surface area contributed by atoms with Gasteiger partial charge in [-0.2, -0.15) is 0 Å². The first-order valence-electron chi connectivity index (χ1n) is 6.08. The molecule has 1 atom stereocenters. The van der Waals surface area contributed by atoms with Crippen LogP contribution in [0.3, 0.4) is 0 Å². The number of hydrogen-bond donors (Lipinski definition) is 1. The summed E-state index contributed by atoms with van der Waals surface area (Å²) in [7, 11) is 1.56. The highest BCUT2D eigenvalue weighted by atomic mass is 16.5. The molecule has 3 heteroatoms. The van der Waals surface area contributed by atoms with Gasteiger partial charge in [-0.15, -0.1) is 0 Å². The highest BCUT2D eigenvalue weighted by Gasteiger charge is 2.16. The van der Waals surface area contributed by atoms with Gasteiger partial charge in [0, 0.05) is 13.5 Å². The van der Waals surface area contributed by atoms with Crippen molar-refractivity contribution in [3.63, 3.8) is 0 Å². The molecule has 2 rings (SSSR count). The van der Waals surface area contributed by atoms with E-state index in [0.29, 0.717) is 13.0 Å². The second kappa shape index (κ2) is 5.43. The Morgan fingerprint density at radius 1 is 1.41 bits per heavy atom. The van der Waals surface area contributed by atoms with Gasteiger partial charge in [-0.25, -0.2) is 0 Å². The van der Waals surface area contributed by atoms with Crippen LogP contribution in [-0.4, -0.2) is 25.5 Å². The maximum atomic E-state index is 11.8. The Hall–Kier alpha value is -1.19. The molecular formula is C14H19NO2. The Kier molecular flexibility index (Phi) is 3.92. The summed E-state index contributed by atoms with van der Waals surface area (Å²) in [5, 5.41) is 0. The van der Waals surface area contributed by atoms with Crippen LogP contribution in [0.1, 0.15) is 23.1 Å². The van der Waals surface area contributed by atoms with Crippen molar-refractivity contribution < 1.29 is 9.53 Å². The lowest BCUT2D eigenvalue weighted by atomic mass is 10.0. The first-order valence-corrected chi connectivity index (χ1v) is 6.08. The average Bonchev–Trinajstić information content (AvgIpc) is 2.76. The summed E-state index contributed by atoms with van der Waals surface area (Å²) in [6.07, 6.45) is 3.96. The van der Waals surface area contributed by atoms with Crippen LogP contribution in [0.15, 0.2) is 18.2 Å². The van der Waals surface area contributed by atoms with E-state index in [2.05, 4.69) is 12.1 Å². The van der Waals surface area contributed by atoms with Crippen LogP contribution >= 0.6 is 0 Å². The smallest absolute Gasteiger partial charge is 0.156 e. The molecule has 0 aliphatic heterocycles. The van der Waals surface area contributed by atoms with Gasteiger partial charge in [0.2, 0.25) is 0 Å². The van der Waals surface area contributed by atoms with Crippen molar-refractivity contribution in [2.24, 2.45) is 5.73 Å². The summed E-state index contributed by atoms with van der Waals surface area (Å²) in [5.41, 5.74) is 9.62. The lowest BCUT2D eigenvalue weighted by Gasteiger charge is -2.10. The number of benzene rings is 1. The zero-order valence-electron chi connectivity index (χ0n) is 10.2. The number of hydrogen-bond acceptors (Lipinski definition) is 3. The van der Waals surface area contributed by atoms with Crippen LogP contribution in [0.25, 0.3) is 0 Å². The van der Waals surface area contributed by atoms with Crippen molar-refractivity contribution in [1.29, 1.82) is 0 Å². The van der Waals surface area contributed by atoms with E-state index in [-0.39, 0.29) is 5.78 Å². The molecule has 0 aromatic heterocycles. The number of carbonyl (C=O) groups is 1. The number of fused-ring (bicyclic) bond motifs is 1. The van der Waals surface area contributed by atoms with Gasteiger partial charge in [-0.05, 0) is 36.0 Å². The van der Waals surface area contributed by atoms with Crippen LogP contribution in [0, 0.1) is 0 Å². The molecule has 0 heterocycles. The van der Waals surface area contributed by atoms with Gasteiger partial charge in [-0.1, -0.05) is 18.2 Å². The van der Waals surface area contributed by atoms with Crippen molar-refractivity contribution in [2.75, 3.05) is 13.7 Å². The molecular weight excluding hydrogens is 214 g/mol. The summed E-state index contributed by atoms with van der Waals surface area (Å²) in [6.45, 7) is 0.295. The summed E-state index contributed by atoms with van der Waals surface area (Å²) in [4.78, 5) is 11.8. The highest BCUT2D eigenvalue weighted by Crippen LogP contribution is 2.23. The summed E-state index contributed by atoms with van der Waals surface area (Å²) < 4.78 is 4.89. The van der Waals surface area contributed by atoms with Gasteiger partial charge in [-0.3, -0.25) is 4.79 Å². The number of nitrogens with two attached hydrogens (primary N) is 1. The third-order valence-electron chi connectivity index (χ3n) is 3.30. The lowest BCUT2D eigenvalue weighted by molar-refractivity contribution is -0.120. The molecule has 3 nitrogen and oxygen atoms in total. The van der Waals surface area contributed by atoms with Crippen molar-refractivity contribution >= 4 is 5.78 Å². The number of ketones is 1. The van der Waals surface area contributed by atoms with Gasteiger partial charge in [0.25, 0.3) is 0 Å². The third kappa shape index (κ3) is 2.93. The van der Waals surface area contributed by atoms with Crippen LogP contribution < -0.4 is 5.73 Å². The minimum Gasteiger partial charge on any atom is -0.383 e. The first kappa shape index (κ1) is 12.3. The van der Waals surface area contributed by atoms with Crippen LogP contribution in [0.2, 0.25) is 0 Å². The van der Waals surface area contributed by atoms with E-state index in [4.69, 9.17) is 10.5 Å². The molecule has 0 amide bonds. The maximum Gasteiger partial charge on any atom is 0.156 e. The quantitative estimate of drug-likeness (QED) is 0.833. The summed E-state index contributed by atoms with van der Waals surface area (Å²) >= 11 is 0. The minimum absolute atomic E-state index is 0.0461. The molecule has 92 valence electrons. The topological polar surface area (TPSA) is 52.3 Å². The van der Waals surface area contributed by atoms with Crippen LogP contribution in [-0.2, 0) is 28.8 Å². The van der Waals surface area contributed by atoms with Crippen molar-refractivity contribution in [3.8, 4) is 0 Å². The number of Topliss-reactive ketones (excluding diaryl/α,β-unsaturated/α-hetero) is 1. The molecule has 2 N–H and O–H groups in total. The fourth-order valence-corrected chi connectivity index (χ4v) is 2.34. The Balaban J connectivity index is 2.01. The van der Waals surface area contributed by atoms with Crippen LogP contribution in [0.5, 0.6) is 0 Å². The highest BCUT2D eigenvalue weighted by molar-refractivity contribution is 5.86. The van der Waals surface area contributed by atoms with Gasteiger partial charge >= 0.3 is 0 Å². The Morgan fingerprint density at radius 2 is 2.18 bits per heavy atom. The first-order chi connectivity index (χ1) is 8.20. The van der Waals surface area contributed by atoms with Gasteiger partial charge < -0.3 is 10.5 Å². The van der Waals surface area contributed by atoms with E-state index in [1.165, 1.54) is 24.0 Å². The Morgan fingerprint density at radius 3 is 2.94 bits per heavy atom. The Labute approximate surface area is 102 Å². The fraction of sp³-hybridized carbons (Fsp3) is 0.500. The van der Waals surface area contributed by atoms with Crippen LogP contribution in [0.4, 0.5) is 0 Å². The van der Waals surface area contributed by atoms with Gasteiger partial charge in [0.1, 0.15) is 0 Å². The minimum atomic E-state index is -0.506. The molecule has 0 fully saturated rings.